The number of anilines is 1. The number of hydrogen-bond acceptors (Lipinski definition) is 4. The second-order valence-corrected chi connectivity index (χ2v) is 8.18. The van der Waals surface area contributed by atoms with Gasteiger partial charge in [-0.15, -0.1) is 0 Å². The quantitative estimate of drug-likeness (QED) is 0.332. The molecule has 1 heterocycles. The van der Waals surface area contributed by atoms with Gasteiger partial charge in [0.1, 0.15) is 5.82 Å². The van der Waals surface area contributed by atoms with Gasteiger partial charge in [0.15, 0.2) is 5.16 Å². The zero-order valence-corrected chi connectivity index (χ0v) is 18.0. The van der Waals surface area contributed by atoms with Crippen LogP contribution in [0.25, 0.3) is 16.6 Å². The first-order chi connectivity index (χ1) is 14.9. The van der Waals surface area contributed by atoms with Crippen molar-refractivity contribution in [2.75, 3.05) is 11.1 Å². The molecule has 156 valence electrons. The van der Waals surface area contributed by atoms with E-state index in [0.29, 0.717) is 21.7 Å². The molecule has 4 rings (SSSR count). The monoisotopic (exact) mass is 453 g/mol. The number of fused-ring (bicyclic) bond motifs is 1. The minimum Gasteiger partial charge on any atom is -0.323 e. The van der Waals surface area contributed by atoms with Crippen molar-refractivity contribution in [2.24, 2.45) is 0 Å². The molecule has 4 aromatic rings. The van der Waals surface area contributed by atoms with Crippen molar-refractivity contribution >= 4 is 45.9 Å². The van der Waals surface area contributed by atoms with Crippen LogP contribution in [-0.4, -0.2) is 21.2 Å². The van der Waals surface area contributed by atoms with Gasteiger partial charge in [0.2, 0.25) is 5.91 Å². The predicted molar refractivity (Wildman–Crippen MR) is 123 cm³/mol. The van der Waals surface area contributed by atoms with E-state index in [1.807, 2.05) is 31.2 Å². The molecule has 1 amide bonds. The molecular formula is C23H17ClFN3O2S. The van der Waals surface area contributed by atoms with E-state index >= 15 is 0 Å². The number of halogens is 2. The Labute approximate surface area is 186 Å². The van der Waals surface area contributed by atoms with Crippen LogP contribution in [0.1, 0.15) is 5.56 Å². The number of nitrogens with zero attached hydrogens (tertiary/aromatic N) is 2. The van der Waals surface area contributed by atoms with Crippen LogP contribution < -0.4 is 10.9 Å². The Hall–Kier alpha value is -3.16. The third-order valence-corrected chi connectivity index (χ3v) is 5.81. The van der Waals surface area contributed by atoms with Crippen LogP contribution in [-0.2, 0) is 4.79 Å². The smallest absolute Gasteiger partial charge is 0.266 e. The van der Waals surface area contributed by atoms with E-state index in [4.69, 9.17) is 11.6 Å². The molecule has 0 saturated heterocycles. The largest absolute Gasteiger partial charge is 0.323 e. The SMILES string of the molecule is Cc1ccccc1-n1c(SCC(=O)Nc2ccc(Cl)cc2F)nc2ccccc2c1=O. The van der Waals surface area contributed by atoms with Crippen molar-refractivity contribution in [3.05, 3.63) is 93.5 Å². The summed E-state index contributed by atoms with van der Waals surface area (Å²) in [6, 6.07) is 18.6. The van der Waals surface area contributed by atoms with E-state index in [1.54, 1.807) is 24.3 Å². The average Bonchev–Trinajstić information content (AvgIpc) is 2.75. The van der Waals surface area contributed by atoms with Gasteiger partial charge in [0.05, 0.1) is 28.0 Å². The first-order valence-corrected chi connectivity index (χ1v) is 10.8. The lowest BCUT2D eigenvalue weighted by molar-refractivity contribution is -0.113. The van der Waals surface area contributed by atoms with E-state index in [2.05, 4.69) is 10.3 Å². The molecule has 0 aliphatic carbocycles. The van der Waals surface area contributed by atoms with Gasteiger partial charge in [-0.3, -0.25) is 14.2 Å². The molecule has 0 aliphatic heterocycles. The van der Waals surface area contributed by atoms with Gasteiger partial charge < -0.3 is 5.32 Å². The summed E-state index contributed by atoms with van der Waals surface area (Å²) < 4.78 is 15.5. The topological polar surface area (TPSA) is 64.0 Å². The Kier molecular flexibility index (Phi) is 6.06. The maximum atomic E-state index is 14.0. The van der Waals surface area contributed by atoms with Crippen LogP contribution in [0.2, 0.25) is 5.02 Å². The second kappa shape index (κ2) is 8.91. The highest BCUT2D eigenvalue weighted by molar-refractivity contribution is 7.99. The number of thioether (sulfide) groups is 1. The van der Waals surface area contributed by atoms with E-state index in [9.17, 15) is 14.0 Å². The van der Waals surface area contributed by atoms with E-state index in [-0.39, 0.29) is 22.0 Å². The summed E-state index contributed by atoms with van der Waals surface area (Å²) in [7, 11) is 0. The molecule has 5 nitrogen and oxygen atoms in total. The van der Waals surface area contributed by atoms with Gasteiger partial charge >= 0.3 is 0 Å². The Balaban J connectivity index is 1.68. The second-order valence-electron chi connectivity index (χ2n) is 6.80. The summed E-state index contributed by atoms with van der Waals surface area (Å²) in [5, 5.41) is 3.63. The van der Waals surface area contributed by atoms with Crippen molar-refractivity contribution in [3.8, 4) is 5.69 Å². The molecule has 0 unspecified atom stereocenters. The lowest BCUT2D eigenvalue weighted by Gasteiger charge is -2.15. The lowest BCUT2D eigenvalue weighted by atomic mass is 10.2. The number of aromatic nitrogens is 2. The first-order valence-electron chi connectivity index (χ1n) is 9.39. The van der Waals surface area contributed by atoms with Crippen molar-refractivity contribution in [1.82, 2.24) is 9.55 Å². The molecule has 0 fully saturated rings. The maximum absolute atomic E-state index is 14.0. The minimum atomic E-state index is -0.619. The molecule has 0 bridgehead atoms. The number of carbonyl (C=O) groups excluding carboxylic acids is 1. The molecule has 31 heavy (non-hydrogen) atoms. The van der Waals surface area contributed by atoms with Crippen LogP contribution in [0.3, 0.4) is 0 Å². The van der Waals surface area contributed by atoms with Crippen molar-refractivity contribution in [2.45, 2.75) is 12.1 Å². The van der Waals surface area contributed by atoms with E-state index in [0.717, 1.165) is 23.4 Å². The lowest BCUT2D eigenvalue weighted by Crippen LogP contribution is -2.23. The van der Waals surface area contributed by atoms with Gasteiger partial charge in [-0.1, -0.05) is 53.7 Å². The number of hydrogen-bond donors (Lipinski definition) is 1. The molecular weight excluding hydrogens is 437 g/mol. The standard InChI is InChI=1S/C23H17ClFN3O2S/c1-14-6-2-5-9-20(14)28-22(30)16-7-3-4-8-18(16)27-23(28)31-13-21(29)26-19-11-10-15(24)12-17(19)25/h2-12H,13H2,1H3,(H,26,29). The van der Waals surface area contributed by atoms with Gasteiger partial charge in [0.25, 0.3) is 5.56 Å². The third kappa shape index (κ3) is 4.47. The van der Waals surface area contributed by atoms with Crippen LogP contribution in [0.15, 0.2) is 76.7 Å². The highest BCUT2D eigenvalue weighted by Crippen LogP contribution is 2.24. The van der Waals surface area contributed by atoms with Crippen molar-refractivity contribution in [3.63, 3.8) is 0 Å². The number of aryl methyl sites for hydroxylation is 1. The predicted octanol–water partition coefficient (Wildman–Crippen LogP) is 5.22. The number of nitrogens with one attached hydrogen (secondary N) is 1. The van der Waals surface area contributed by atoms with Gasteiger partial charge in [-0.2, -0.15) is 0 Å². The number of benzene rings is 3. The summed E-state index contributed by atoms with van der Waals surface area (Å²) in [6.45, 7) is 1.90. The molecule has 0 atom stereocenters. The van der Waals surface area contributed by atoms with Crippen LogP contribution >= 0.6 is 23.4 Å². The first kappa shape index (κ1) is 21.1. The molecule has 1 aromatic heterocycles. The summed E-state index contributed by atoms with van der Waals surface area (Å²) >= 11 is 6.86. The zero-order valence-electron chi connectivity index (χ0n) is 16.4. The average molecular weight is 454 g/mol. The number of amides is 1. The highest BCUT2D eigenvalue weighted by Gasteiger charge is 2.16. The fraction of sp³-hybridized carbons (Fsp3) is 0.0870. The molecule has 0 spiro atoms. The van der Waals surface area contributed by atoms with Crippen LogP contribution in [0, 0.1) is 12.7 Å². The van der Waals surface area contributed by atoms with Gasteiger partial charge in [0, 0.05) is 5.02 Å². The summed E-state index contributed by atoms with van der Waals surface area (Å²) in [5.41, 5.74) is 1.96. The maximum Gasteiger partial charge on any atom is 0.266 e. The molecule has 0 radical (unpaired) electrons. The van der Waals surface area contributed by atoms with Gasteiger partial charge in [-0.05, 0) is 48.9 Å². The van der Waals surface area contributed by atoms with Crippen LogP contribution in [0.4, 0.5) is 10.1 Å². The summed E-state index contributed by atoms with van der Waals surface area (Å²) in [5.74, 6) is -1.10. The molecule has 8 heteroatoms. The van der Waals surface area contributed by atoms with E-state index in [1.165, 1.54) is 16.7 Å². The van der Waals surface area contributed by atoms with Gasteiger partial charge in [-0.25, -0.2) is 9.37 Å². The highest BCUT2D eigenvalue weighted by atomic mass is 35.5. The molecule has 0 aliphatic rings. The van der Waals surface area contributed by atoms with E-state index < -0.39 is 11.7 Å². The van der Waals surface area contributed by atoms with Crippen LogP contribution in [0.5, 0.6) is 0 Å². The normalized spacial score (nSPS) is 10.9. The molecule has 0 saturated carbocycles. The number of para-hydroxylation sites is 2. The zero-order chi connectivity index (χ0) is 22.0. The fourth-order valence-electron chi connectivity index (χ4n) is 3.14. The minimum absolute atomic E-state index is 0.0396. The molecule has 1 N–H and O–H groups in total. The Bertz CT molecular complexity index is 1360. The Morgan fingerprint density at radius 2 is 1.87 bits per heavy atom. The van der Waals surface area contributed by atoms with Crippen molar-refractivity contribution < 1.29 is 9.18 Å². The Morgan fingerprint density at radius 1 is 1.13 bits per heavy atom. The fourth-order valence-corrected chi connectivity index (χ4v) is 4.11. The number of carbonyl (C=O) groups is 1. The Morgan fingerprint density at radius 3 is 2.65 bits per heavy atom. The van der Waals surface area contributed by atoms with Crippen molar-refractivity contribution in [1.29, 1.82) is 0 Å². The summed E-state index contributed by atoms with van der Waals surface area (Å²) in [4.78, 5) is 30.3. The summed E-state index contributed by atoms with van der Waals surface area (Å²) in [6.07, 6.45) is 0. The third-order valence-electron chi connectivity index (χ3n) is 4.64. The molecule has 3 aromatic carbocycles. The number of rotatable bonds is 5.